The van der Waals surface area contributed by atoms with E-state index in [9.17, 15) is 8.42 Å². The van der Waals surface area contributed by atoms with Crippen LogP contribution in [0.2, 0.25) is 0 Å². The Hall–Kier alpha value is -0.630. The minimum Gasteiger partial charge on any atom is -0.302 e. The highest BCUT2D eigenvalue weighted by atomic mass is 35.5. The van der Waals surface area contributed by atoms with E-state index in [1.807, 2.05) is 7.05 Å². The van der Waals surface area contributed by atoms with Crippen LogP contribution in [0.4, 0.5) is 0 Å². The van der Waals surface area contributed by atoms with Crippen LogP contribution in [0.3, 0.4) is 0 Å². The van der Waals surface area contributed by atoms with E-state index in [2.05, 4.69) is 10.00 Å². The molecule has 0 saturated carbocycles. The average molecular weight is 335 g/mol. The number of nitrogens with zero attached hydrogens (tertiary/aromatic N) is 4. The van der Waals surface area contributed by atoms with E-state index in [4.69, 9.17) is 11.6 Å². The van der Waals surface area contributed by atoms with Gasteiger partial charge in [0.25, 0.3) is 0 Å². The van der Waals surface area contributed by atoms with Gasteiger partial charge in [-0.05, 0) is 32.9 Å². The molecule has 2 rings (SSSR count). The molecule has 1 unspecified atom stereocenters. The lowest BCUT2D eigenvalue weighted by atomic mass is 10.2. The first-order chi connectivity index (χ1) is 9.95. The van der Waals surface area contributed by atoms with Gasteiger partial charge in [-0.1, -0.05) is 0 Å². The second kappa shape index (κ2) is 7.09. The lowest BCUT2D eigenvalue weighted by Gasteiger charge is -2.24. The number of alkyl halides is 1. The number of halogens is 1. The van der Waals surface area contributed by atoms with E-state index >= 15 is 0 Å². The summed E-state index contributed by atoms with van der Waals surface area (Å²) in [5, 5.41) is 4.09. The molecule has 1 atom stereocenters. The Morgan fingerprint density at radius 3 is 2.90 bits per heavy atom. The molecule has 0 N–H and O–H groups in total. The van der Waals surface area contributed by atoms with Crippen LogP contribution in [0.1, 0.15) is 19.3 Å². The third kappa shape index (κ3) is 3.97. The highest BCUT2D eigenvalue weighted by molar-refractivity contribution is 7.89. The standard InChI is InChI=1S/C13H23ClN4O2S/c1-16-7-3-5-12(16)10-17(2)21(19,20)13-9-15-18(11-13)8-4-6-14/h9,11-12H,3-8,10H2,1-2H3. The molecular formula is C13H23ClN4O2S. The van der Waals surface area contributed by atoms with Crippen LogP contribution < -0.4 is 0 Å². The number of hydrogen-bond acceptors (Lipinski definition) is 4. The molecule has 0 radical (unpaired) electrons. The maximum Gasteiger partial charge on any atom is 0.245 e. The Morgan fingerprint density at radius 1 is 1.52 bits per heavy atom. The summed E-state index contributed by atoms with van der Waals surface area (Å²) >= 11 is 5.64. The average Bonchev–Trinajstić information content (AvgIpc) is 3.06. The summed E-state index contributed by atoms with van der Waals surface area (Å²) in [5.41, 5.74) is 0. The fourth-order valence-electron chi connectivity index (χ4n) is 2.61. The number of rotatable bonds is 7. The van der Waals surface area contributed by atoms with E-state index < -0.39 is 10.0 Å². The monoisotopic (exact) mass is 334 g/mol. The van der Waals surface area contributed by atoms with Crippen molar-refractivity contribution in [2.24, 2.45) is 0 Å². The zero-order valence-corrected chi connectivity index (χ0v) is 14.1. The topological polar surface area (TPSA) is 58.4 Å². The fourth-order valence-corrected chi connectivity index (χ4v) is 3.89. The lowest BCUT2D eigenvalue weighted by Crippen LogP contribution is -2.39. The first kappa shape index (κ1) is 16.7. The van der Waals surface area contributed by atoms with Crippen LogP contribution >= 0.6 is 11.6 Å². The molecule has 1 saturated heterocycles. The Morgan fingerprint density at radius 2 is 2.29 bits per heavy atom. The molecule has 8 heteroatoms. The fraction of sp³-hybridized carbons (Fsp3) is 0.769. The molecule has 1 aliphatic rings. The molecule has 6 nitrogen and oxygen atoms in total. The van der Waals surface area contributed by atoms with Crippen LogP contribution in [-0.2, 0) is 16.6 Å². The van der Waals surface area contributed by atoms with E-state index in [1.165, 1.54) is 10.5 Å². The zero-order chi connectivity index (χ0) is 15.5. The maximum atomic E-state index is 12.5. The van der Waals surface area contributed by atoms with Gasteiger partial charge < -0.3 is 4.90 Å². The third-order valence-electron chi connectivity index (χ3n) is 3.98. The second-order valence-corrected chi connectivity index (χ2v) is 7.97. The molecular weight excluding hydrogens is 312 g/mol. The van der Waals surface area contributed by atoms with Gasteiger partial charge >= 0.3 is 0 Å². The van der Waals surface area contributed by atoms with Crippen molar-refractivity contribution >= 4 is 21.6 Å². The van der Waals surface area contributed by atoms with Gasteiger partial charge in [0.1, 0.15) is 4.90 Å². The molecule has 0 bridgehead atoms. The molecule has 2 heterocycles. The first-order valence-electron chi connectivity index (χ1n) is 7.20. The molecule has 1 fully saturated rings. The molecule has 0 aromatic carbocycles. The number of likely N-dealkylation sites (N-methyl/N-ethyl adjacent to an activating group) is 2. The van der Waals surface area contributed by atoms with Gasteiger partial charge in [-0.25, -0.2) is 8.42 Å². The molecule has 0 spiro atoms. The van der Waals surface area contributed by atoms with Gasteiger partial charge in [-0.2, -0.15) is 9.40 Å². The number of aryl methyl sites for hydroxylation is 1. The predicted octanol–water partition coefficient (Wildman–Crippen LogP) is 1.23. The number of likely N-dealkylation sites (tertiary alicyclic amines) is 1. The quantitative estimate of drug-likeness (QED) is 0.704. The summed E-state index contributed by atoms with van der Waals surface area (Å²) in [6, 6.07) is 0.302. The van der Waals surface area contributed by atoms with Crippen molar-refractivity contribution in [3.05, 3.63) is 12.4 Å². The number of aromatic nitrogens is 2. The van der Waals surface area contributed by atoms with Crippen LogP contribution in [-0.4, -0.2) is 66.5 Å². The van der Waals surface area contributed by atoms with Crippen molar-refractivity contribution in [2.75, 3.05) is 33.1 Å². The normalized spacial score (nSPS) is 20.5. The van der Waals surface area contributed by atoms with Crippen molar-refractivity contribution in [1.29, 1.82) is 0 Å². The Bertz CT molecular complexity index is 560. The summed E-state index contributed by atoms with van der Waals surface area (Å²) in [5.74, 6) is 0.538. The smallest absolute Gasteiger partial charge is 0.245 e. The first-order valence-corrected chi connectivity index (χ1v) is 9.17. The van der Waals surface area contributed by atoms with E-state index in [1.54, 1.807) is 17.9 Å². The van der Waals surface area contributed by atoms with Crippen molar-refractivity contribution in [3.63, 3.8) is 0 Å². The van der Waals surface area contributed by atoms with Crippen molar-refractivity contribution in [3.8, 4) is 0 Å². The van der Waals surface area contributed by atoms with E-state index in [0.717, 1.165) is 25.8 Å². The zero-order valence-electron chi connectivity index (χ0n) is 12.6. The van der Waals surface area contributed by atoms with Gasteiger partial charge in [0.2, 0.25) is 10.0 Å². The van der Waals surface area contributed by atoms with E-state index in [-0.39, 0.29) is 4.90 Å². The summed E-state index contributed by atoms with van der Waals surface area (Å²) in [7, 11) is 0.217. The summed E-state index contributed by atoms with van der Waals surface area (Å²) in [6.07, 6.45) is 5.94. The summed E-state index contributed by atoms with van der Waals surface area (Å²) < 4.78 is 28.1. The molecule has 0 aliphatic carbocycles. The molecule has 120 valence electrons. The SMILES string of the molecule is CN1CCCC1CN(C)S(=O)(=O)c1cnn(CCCCl)c1. The summed E-state index contributed by atoms with van der Waals surface area (Å²) in [6.45, 7) is 2.19. The lowest BCUT2D eigenvalue weighted by molar-refractivity contribution is 0.271. The van der Waals surface area contributed by atoms with E-state index in [0.29, 0.717) is 25.0 Å². The Balaban J connectivity index is 2.04. The van der Waals surface area contributed by atoms with Crippen LogP contribution in [0.5, 0.6) is 0 Å². The van der Waals surface area contributed by atoms with Crippen molar-refractivity contribution < 1.29 is 8.42 Å². The van der Waals surface area contributed by atoms with Gasteiger partial charge in [-0.3, -0.25) is 4.68 Å². The predicted molar refractivity (Wildman–Crippen MR) is 83.0 cm³/mol. The Kier molecular flexibility index (Phi) is 5.65. The van der Waals surface area contributed by atoms with Crippen LogP contribution in [0.25, 0.3) is 0 Å². The minimum absolute atomic E-state index is 0.250. The largest absolute Gasteiger partial charge is 0.302 e. The van der Waals surface area contributed by atoms with Crippen molar-refractivity contribution in [2.45, 2.75) is 36.7 Å². The van der Waals surface area contributed by atoms with Gasteiger partial charge in [0.05, 0.1) is 6.20 Å². The highest BCUT2D eigenvalue weighted by Gasteiger charge is 2.28. The van der Waals surface area contributed by atoms with Gasteiger partial charge in [-0.15, -0.1) is 11.6 Å². The van der Waals surface area contributed by atoms with Gasteiger partial charge in [0.15, 0.2) is 0 Å². The third-order valence-corrected chi connectivity index (χ3v) is 6.02. The van der Waals surface area contributed by atoms with Crippen molar-refractivity contribution in [1.82, 2.24) is 19.0 Å². The number of sulfonamides is 1. The Labute approximate surface area is 131 Å². The second-order valence-electron chi connectivity index (χ2n) is 5.54. The molecule has 21 heavy (non-hydrogen) atoms. The number of hydrogen-bond donors (Lipinski definition) is 0. The molecule has 1 aromatic rings. The highest BCUT2D eigenvalue weighted by Crippen LogP contribution is 2.19. The van der Waals surface area contributed by atoms with Gasteiger partial charge in [0, 0.05) is 38.3 Å². The molecule has 0 amide bonds. The molecule has 1 aromatic heterocycles. The minimum atomic E-state index is -3.46. The molecule has 1 aliphatic heterocycles. The summed E-state index contributed by atoms with van der Waals surface area (Å²) in [4.78, 5) is 2.47. The van der Waals surface area contributed by atoms with Crippen LogP contribution in [0.15, 0.2) is 17.3 Å². The van der Waals surface area contributed by atoms with Crippen LogP contribution in [0, 0.1) is 0 Å². The maximum absolute atomic E-state index is 12.5.